The lowest BCUT2D eigenvalue weighted by atomic mass is 10.1. The highest BCUT2D eigenvalue weighted by Crippen LogP contribution is 2.17. The molecule has 2 unspecified atom stereocenters. The Balaban J connectivity index is 3.51. The fraction of sp³-hybridized carbons (Fsp3) is 1.00. The highest BCUT2D eigenvalue weighted by Gasteiger charge is 2.27. The van der Waals surface area contributed by atoms with Crippen LogP contribution in [-0.2, 0) is 0 Å². The van der Waals surface area contributed by atoms with E-state index in [1.165, 1.54) is 58.8 Å². The van der Waals surface area contributed by atoms with Crippen LogP contribution in [0, 0.1) is 5.21 Å². The number of rotatable bonds is 13. The van der Waals surface area contributed by atoms with Gasteiger partial charge >= 0.3 is 0 Å². The third kappa shape index (κ3) is 8.20. The minimum atomic E-state index is -1.06. The molecule has 0 rings (SSSR count). The molecule has 0 saturated carbocycles. The monoisotopic (exact) mass is 289 g/mol. The van der Waals surface area contributed by atoms with Gasteiger partial charge in [-0.15, -0.1) is 0 Å². The molecule has 0 saturated heterocycles. The number of nitrogens with zero attached hydrogens (tertiary/aromatic N) is 1. The second kappa shape index (κ2) is 11.5. The van der Waals surface area contributed by atoms with Crippen LogP contribution in [0.15, 0.2) is 0 Å². The molecule has 20 heavy (non-hydrogen) atoms. The van der Waals surface area contributed by atoms with Gasteiger partial charge in [0, 0.05) is 13.8 Å². The Kier molecular flexibility index (Phi) is 11.4. The maximum absolute atomic E-state index is 12.2. The van der Waals surface area contributed by atoms with E-state index in [-0.39, 0.29) is 0 Å². The molecular formula is C16H35NO3. The Morgan fingerprint density at radius 3 is 1.45 bits per heavy atom. The third-order valence-electron chi connectivity index (χ3n) is 4.13. The standard InChI is InChI=1S/C16H35NO3/c1-4-5-6-7-8-9-10-11-12-13-14-17(20,15(2)18)16(3)19/h15-16,18-19H,4-14H2,1-3H3. The molecule has 4 heteroatoms. The van der Waals surface area contributed by atoms with Crippen molar-refractivity contribution in [1.29, 1.82) is 0 Å². The van der Waals surface area contributed by atoms with Gasteiger partial charge in [-0.2, -0.15) is 0 Å². The van der Waals surface area contributed by atoms with Crippen molar-refractivity contribution in [3.8, 4) is 0 Å². The van der Waals surface area contributed by atoms with Gasteiger partial charge in [-0.25, -0.2) is 0 Å². The second-order valence-electron chi connectivity index (χ2n) is 6.02. The zero-order chi connectivity index (χ0) is 15.4. The van der Waals surface area contributed by atoms with Crippen LogP contribution in [0.4, 0.5) is 0 Å². The molecule has 0 aliphatic carbocycles. The van der Waals surface area contributed by atoms with E-state index in [1.54, 1.807) is 0 Å². The van der Waals surface area contributed by atoms with E-state index in [0.29, 0.717) is 6.54 Å². The first-order valence-corrected chi connectivity index (χ1v) is 8.39. The SMILES string of the molecule is CCCCCCCCCCCC[N+]([O-])(C(C)O)C(C)O. The molecule has 0 amide bonds. The van der Waals surface area contributed by atoms with E-state index in [1.807, 2.05) is 0 Å². The summed E-state index contributed by atoms with van der Waals surface area (Å²) < 4.78 is -0.906. The molecule has 0 aliphatic heterocycles. The van der Waals surface area contributed by atoms with Gasteiger partial charge < -0.3 is 20.1 Å². The van der Waals surface area contributed by atoms with Crippen molar-refractivity contribution in [2.75, 3.05) is 6.54 Å². The molecule has 0 spiro atoms. The molecule has 2 N–H and O–H groups in total. The summed E-state index contributed by atoms with van der Waals surface area (Å²) in [7, 11) is 0. The first kappa shape index (κ1) is 19.8. The summed E-state index contributed by atoms with van der Waals surface area (Å²) in [6.07, 6.45) is 9.99. The number of hydrogen-bond donors (Lipinski definition) is 2. The van der Waals surface area contributed by atoms with Crippen LogP contribution >= 0.6 is 0 Å². The average Bonchev–Trinajstić information content (AvgIpc) is 2.40. The van der Waals surface area contributed by atoms with Gasteiger partial charge in [0.2, 0.25) is 0 Å². The van der Waals surface area contributed by atoms with Gasteiger partial charge in [0.15, 0.2) is 12.5 Å². The maximum atomic E-state index is 12.2. The van der Waals surface area contributed by atoms with Gasteiger partial charge in [0.1, 0.15) is 0 Å². The zero-order valence-corrected chi connectivity index (χ0v) is 13.7. The summed E-state index contributed by atoms with van der Waals surface area (Å²) in [5, 5.41) is 31.1. The zero-order valence-electron chi connectivity index (χ0n) is 13.7. The van der Waals surface area contributed by atoms with Gasteiger partial charge in [-0.05, 0) is 12.8 Å². The minimum absolute atomic E-state index is 0.297. The van der Waals surface area contributed by atoms with E-state index in [2.05, 4.69) is 6.92 Å². The van der Waals surface area contributed by atoms with Crippen LogP contribution < -0.4 is 0 Å². The number of quaternary nitrogens is 1. The lowest BCUT2D eigenvalue weighted by Gasteiger charge is -2.47. The highest BCUT2D eigenvalue weighted by atomic mass is 16.6. The van der Waals surface area contributed by atoms with Crippen LogP contribution in [0.1, 0.15) is 85.0 Å². The van der Waals surface area contributed by atoms with E-state index in [4.69, 9.17) is 0 Å². The molecule has 0 aromatic carbocycles. The molecule has 4 nitrogen and oxygen atoms in total. The van der Waals surface area contributed by atoms with Crippen molar-refractivity contribution in [3.63, 3.8) is 0 Å². The Labute approximate surface area is 125 Å². The number of aliphatic hydroxyl groups is 2. The Hall–Kier alpha value is -0.160. The normalized spacial score (nSPS) is 17.7. The van der Waals surface area contributed by atoms with Crippen molar-refractivity contribution in [2.45, 2.75) is 97.4 Å². The molecule has 0 aromatic heterocycles. The molecule has 0 aliphatic rings. The van der Waals surface area contributed by atoms with Crippen LogP contribution in [0.3, 0.4) is 0 Å². The van der Waals surface area contributed by atoms with Crippen molar-refractivity contribution < 1.29 is 14.9 Å². The van der Waals surface area contributed by atoms with E-state index in [9.17, 15) is 15.4 Å². The first-order chi connectivity index (χ1) is 9.45. The van der Waals surface area contributed by atoms with Crippen LogP contribution in [0.5, 0.6) is 0 Å². The quantitative estimate of drug-likeness (QED) is 0.234. The van der Waals surface area contributed by atoms with Crippen molar-refractivity contribution >= 4 is 0 Å². The molecular weight excluding hydrogens is 254 g/mol. The second-order valence-corrected chi connectivity index (χ2v) is 6.02. The fourth-order valence-electron chi connectivity index (χ4n) is 2.53. The molecule has 0 bridgehead atoms. The molecule has 0 aromatic rings. The highest BCUT2D eigenvalue weighted by molar-refractivity contribution is 4.50. The van der Waals surface area contributed by atoms with Gasteiger partial charge in [-0.1, -0.05) is 58.3 Å². The predicted molar refractivity (Wildman–Crippen MR) is 83.7 cm³/mol. The molecule has 0 radical (unpaired) electrons. The Morgan fingerprint density at radius 1 is 0.750 bits per heavy atom. The van der Waals surface area contributed by atoms with Crippen molar-refractivity contribution in [3.05, 3.63) is 5.21 Å². The maximum Gasteiger partial charge on any atom is 0.189 e. The summed E-state index contributed by atoms with van der Waals surface area (Å²) in [5.74, 6) is 0. The van der Waals surface area contributed by atoms with E-state index >= 15 is 0 Å². The summed E-state index contributed by atoms with van der Waals surface area (Å²) >= 11 is 0. The topological polar surface area (TPSA) is 63.5 Å². The predicted octanol–water partition coefficient (Wildman–Crippen LogP) is 3.90. The summed E-state index contributed by atoms with van der Waals surface area (Å²) in [4.78, 5) is 0. The molecule has 0 heterocycles. The lowest BCUT2D eigenvalue weighted by molar-refractivity contribution is -0.965. The number of hydrogen-bond acceptors (Lipinski definition) is 3. The molecule has 122 valence electrons. The summed E-state index contributed by atoms with van der Waals surface area (Å²) in [5.41, 5.74) is 0. The summed E-state index contributed by atoms with van der Waals surface area (Å²) in [6.45, 7) is 5.44. The number of aliphatic hydroxyl groups excluding tert-OH is 2. The Morgan fingerprint density at radius 2 is 1.10 bits per heavy atom. The lowest BCUT2D eigenvalue weighted by Crippen LogP contribution is -2.55. The molecule has 0 fully saturated rings. The van der Waals surface area contributed by atoms with Gasteiger partial charge in [0.25, 0.3) is 0 Å². The Bertz CT molecular complexity index is 212. The first-order valence-electron chi connectivity index (χ1n) is 8.39. The smallest absolute Gasteiger partial charge is 0.189 e. The average molecular weight is 289 g/mol. The fourth-order valence-corrected chi connectivity index (χ4v) is 2.53. The van der Waals surface area contributed by atoms with Crippen LogP contribution in [-0.4, -0.2) is 33.9 Å². The number of hydroxylamine groups is 3. The van der Waals surface area contributed by atoms with Crippen molar-refractivity contribution in [1.82, 2.24) is 0 Å². The minimum Gasteiger partial charge on any atom is -0.629 e. The van der Waals surface area contributed by atoms with E-state index < -0.39 is 17.1 Å². The van der Waals surface area contributed by atoms with Gasteiger partial charge in [-0.3, -0.25) is 0 Å². The van der Waals surface area contributed by atoms with Crippen LogP contribution in [0.25, 0.3) is 0 Å². The largest absolute Gasteiger partial charge is 0.629 e. The molecule has 2 atom stereocenters. The van der Waals surface area contributed by atoms with Gasteiger partial charge in [0.05, 0.1) is 6.54 Å². The third-order valence-corrected chi connectivity index (χ3v) is 4.13. The van der Waals surface area contributed by atoms with E-state index in [0.717, 1.165) is 19.3 Å². The van der Waals surface area contributed by atoms with Crippen molar-refractivity contribution in [2.24, 2.45) is 0 Å². The van der Waals surface area contributed by atoms with Crippen LogP contribution in [0.2, 0.25) is 0 Å². The number of unbranched alkanes of at least 4 members (excludes halogenated alkanes) is 9. The summed E-state index contributed by atoms with van der Waals surface area (Å²) in [6, 6.07) is 0.